The second-order valence-electron chi connectivity index (χ2n) is 7.84. The van der Waals surface area contributed by atoms with Crippen molar-refractivity contribution in [2.24, 2.45) is 0 Å². The van der Waals surface area contributed by atoms with Crippen molar-refractivity contribution < 1.29 is 9.90 Å². The van der Waals surface area contributed by atoms with Gasteiger partial charge in [-0.1, -0.05) is 33.8 Å². The van der Waals surface area contributed by atoms with Crippen molar-refractivity contribution in [3.05, 3.63) is 23.3 Å². The van der Waals surface area contributed by atoms with Crippen molar-refractivity contribution in [2.45, 2.75) is 44.4 Å². The van der Waals surface area contributed by atoms with Gasteiger partial charge in [0.2, 0.25) is 5.91 Å². The molecule has 1 aliphatic rings. The molecule has 0 radical (unpaired) electrons. The number of hydrogen-bond donors (Lipinski definition) is 2. The number of amides is 1. The van der Waals surface area contributed by atoms with Gasteiger partial charge in [-0.3, -0.25) is 14.6 Å². The van der Waals surface area contributed by atoms with Crippen LogP contribution in [-0.2, 0) is 4.79 Å². The molecule has 1 aromatic rings. The first-order valence-electron chi connectivity index (χ1n) is 9.93. The number of nitrogens with zero attached hydrogens (tertiary/aromatic N) is 2. The van der Waals surface area contributed by atoms with Crippen LogP contribution < -0.4 is 5.32 Å². The lowest BCUT2D eigenvalue weighted by atomic mass is 9.92. The number of aliphatic hydroxyl groups is 1. The Bertz CT molecular complexity index is 626. The zero-order chi connectivity index (χ0) is 20.0. The maximum absolute atomic E-state index is 12.8. The first-order chi connectivity index (χ1) is 12.9. The van der Waals surface area contributed by atoms with Crippen LogP contribution in [0.4, 0.5) is 5.69 Å². The summed E-state index contributed by atoms with van der Waals surface area (Å²) in [5.74, 6) is 0.770. The number of carbonyl (C=O) groups excluding carboxylic acids is 1. The molecule has 1 aliphatic heterocycles. The third-order valence-corrected chi connectivity index (χ3v) is 5.97. The Morgan fingerprint density at radius 1 is 1.11 bits per heavy atom. The lowest BCUT2D eigenvalue weighted by Gasteiger charge is -2.34. The first-order valence-corrected chi connectivity index (χ1v) is 11.2. The van der Waals surface area contributed by atoms with Crippen LogP contribution in [-0.4, -0.2) is 72.9 Å². The smallest absolute Gasteiger partial charge is 0.238 e. The van der Waals surface area contributed by atoms with Gasteiger partial charge in [0.15, 0.2) is 0 Å². The highest BCUT2D eigenvalue weighted by molar-refractivity contribution is 7.98. The Labute approximate surface area is 168 Å². The highest BCUT2D eigenvalue weighted by Gasteiger charge is 2.22. The second-order valence-corrected chi connectivity index (χ2v) is 8.69. The third-order valence-electron chi connectivity index (χ3n) is 5.17. The monoisotopic (exact) mass is 393 g/mol. The van der Waals surface area contributed by atoms with E-state index >= 15 is 0 Å². The van der Waals surface area contributed by atoms with Crippen LogP contribution in [0.5, 0.6) is 0 Å². The van der Waals surface area contributed by atoms with E-state index < -0.39 is 0 Å². The van der Waals surface area contributed by atoms with Gasteiger partial charge in [-0.2, -0.15) is 0 Å². The SMILES string of the molecule is CSc1ccc(C(C)C)c(NC(=O)CN2CCN(CCO)CC2)c1C(C)C. The zero-order valence-electron chi connectivity index (χ0n) is 17.4. The summed E-state index contributed by atoms with van der Waals surface area (Å²) in [6.07, 6.45) is 2.09. The van der Waals surface area contributed by atoms with Crippen molar-refractivity contribution >= 4 is 23.4 Å². The molecule has 27 heavy (non-hydrogen) atoms. The van der Waals surface area contributed by atoms with Crippen LogP contribution in [0.15, 0.2) is 17.0 Å². The van der Waals surface area contributed by atoms with Crippen LogP contribution in [0, 0.1) is 0 Å². The van der Waals surface area contributed by atoms with Crippen molar-refractivity contribution in [2.75, 3.05) is 57.4 Å². The summed E-state index contributed by atoms with van der Waals surface area (Å²) in [5, 5.41) is 12.3. The molecular weight excluding hydrogens is 358 g/mol. The van der Waals surface area contributed by atoms with Gasteiger partial charge < -0.3 is 10.4 Å². The van der Waals surface area contributed by atoms with Crippen LogP contribution in [0.3, 0.4) is 0 Å². The number of thioether (sulfide) groups is 1. The molecule has 0 aromatic heterocycles. The predicted molar refractivity (Wildman–Crippen MR) is 115 cm³/mol. The first kappa shape index (κ1) is 22.2. The summed E-state index contributed by atoms with van der Waals surface area (Å²) < 4.78 is 0. The maximum atomic E-state index is 12.8. The molecule has 1 amide bonds. The van der Waals surface area contributed by atoms with Crippen molar-refractivity contribution in [1.29, 1.82) is 0 Å². The second kappa shape index (κ2) is 10.5. The number of β-amino-alcohol motifs (C(OH)–C–C–N with tert-alkyl or cyclic N) is 1. The number of anilines is 1. The van der Waals surface area contributed by atoms with Gasteiger partial charge in [0.1, 0.15) is 0 Å². The van der Waals surface area contributed by atoms with Gasteiger partial charge >= 0.3 is 0 Å². The Kier molecular flexibility index (Phi) is 8.61. The molecule has 0 spiro atoms. The van der Waals surface area contributed by atoms with Gasteiger partial charge in [-0.15, -0.1) is 11.8 Å². The molecule has 2 N–H and O–H groups in total. The van der Waals surface area contributed by atoms with Crippen molar-refractivity contribution in [1.82, 2.24) is 9.80 Å². The third kappa shape index (κ3) is 5.95. The fraction of sp³-hybridized carbons (Fsp3) is 0.667. The molecule has 0 aliphatic carbocycles. The Morgan fingerprint density at radius 3 is 2.26 bits per heavy atom. The minimum absolute atomic E-state index is 0.0626. The van der Waals surface area contributed by atoms with Gasteiger partial charge in [0, 0.05) is 43.3 Å². The molecule has 0 saturated carbocycles. The molecule has 0 atom stereocenters. The van der Waals surface area contributed by atoms with Crippen LogP contribution in [0.25, 0.3) is 0 Å². The summed E-state index contributed by atoms with van der Waals surface area (Å²) >= 11 is 1.74. The van der Waals surface area contributed by atoms with Gasteiger partial charge in [0.05, 0.1) is 13.2 Å². The molecule has 2 rings (SSSR count). The summed E-state index contributed by atoms with van der Waals surface area (Å²) in [4.78, 5) is 18.5. The summed E-state index contributed by atoms with van der Waals surface area (Å²) in [6.45, 7) is 13.6. The molecule has 1 heterocycles. The van der Waals surface area contributed by atoms with E-state index in [1.165, 1.54) is 16.0 Å². The maximum Gasteiger partial charge on any atom is 0.238 e. The molecule has 0 unspecified atom stereocenters. The quantitative estimate of drug-likeness (QED) is 0.664. The molecule has 1 aromatic carbocycles. The van der Waals surface area contributed by atoms with E-state index in [2.05, 4.69) is 61.2 Å². The minimum atomic E-state index is 0.0626. The van der Waals surface area contributed by atoms with E-state index in [0.717, 1.165) is 38.4 Å². The van der Waals surface area contributed by atoms with Crippen LogP contribution in [0.2, 0.25) is 0 Å². The molecule has 5 nitrogen and oxygen atoms in total. The minimum Gasteiger partial charge on any atom is -0.395 e. The number of carbonyl (C=O) groups is 1. The number of aliphatic hydroxyl groups excluding tert-OH is 1. The molecule has 1 saturated heterocycles. The average molecular weight is 394 g/mol. The number of benzene rings is 1. The highest BCUT2D eigenvalue weighted by Crippen LogP contribution is 2.38. The molecule has 0 bridgehead atoms. The molecule has 6 heteroatoms. The van der Waals surface area contributed by atoms with E-state index in [-0.39, 0.29) is 12.5 Å². The molecule has 1 fully saturated rings. The Hall–Kier alpha value is -1.08. The average Bonchev–Trinajstić information content (AvgIpc) is 2.62. The van der Waals surface area contributed by atoms with Crippen molar-refractivity contribution in [3.63, 3.8) is 0 Å². The van der Waals surface area contributed by atoms with Crippen molar-refractivity contribution in [3.8, 4) is 0 Å². The number of rotatable bonds is 8. The predicted octanol–water partition coefficient (Wildman–Crippen LogP) is 3.20. The van der Waals surface area contributed by atoms with Crippen LogP contribution >= 0.6 is 11.8 Å². The van der Waals surface area contributed by atoms with E-state index in [1.54, 1.807) is 11.8 Å². The molecule has 152 valence electrons. The van der Waals surface area contributed by atoms with Gasteiger partial charge in [-0.25, -0.2) is 0 Å². The number of hydrogen-bond acceptors (Lipinski definition) is 5. The summed E-state index contributed by atoms with van der Waals surface area (Å²) in [5.41, 5.74) is 3.46. The fourth-order valence-electron chi connectivity index (χ4n) is 3.68. The largest absolute Gasteiger partial charge is 0.395 e. The Balaban J connectivity index is 2.12. The summed E-state index contributed by atoms with van der Waals surface area (Å²) in [6, 6.07) is 4.34. The lowest BCUT2D eigenvalue weighted by Crippen LogP contribution is -2.49. The zero-order valence-corrected chi connectivity index (χ0v) is 18.2. The topological polar surface area (TPSA) is 55.8 Å². The number of nitrogens with one attached hydrogen (secondary N) is 1. The summed E-state index contributed by atoms with van der Waals surface area (Å²) in [7, 11) is 0. The highest BCUT2D eigenvalue weighted by atomic mass is 32.2. The normalized spacial score (nSPS) is 16.3. The van der Waals surface area contributed by atoms with E-state index in [1.807, 2.05) is 0 Å². The van der Waals surface area contributed by atoms with Gasteiger partial charge in [0.25, 0.3) is 0 Å². The van der Waals surface area contributed by atoms with Gasteiger partial charge in [-0.05, 0) is 35.3 Å². The van der Waals surface area contributed by atoms with Crippen LogP contribution in [0.1, 0.15) is 50.7 Å². The van der Waals surface area contributed by atoms with E-state index in [4.69, 9.17) is 5.11 Å². The Morgan fingerprint density at radius 2 is 1.74 bits per heavy atom. The van der Waals surface area contributed by atoms with E-state index in [9.17, 15) is 4.79 Å². The standard InChI is InChI=1S/C21H35N3O2S/c1-15(2)17-6-7-18(27-5)20(16(3)4)21(17)22-19(26)14-24-10-8-23(9-11-24)12-13-25/h6-7,15-16,25H,8-14H2,1-5H3,(H,22,26). The van der Waals surface area contributed by atoms with E-state index in [0.29, 0.717) is 18.4 Å². The fourth-order valence-corrected chi connectivity index (χ4v) is 4.45. The number of piperazine rings is 1. The molecular formula is C21H35N3O2S. The lowest BCUT2D eigenvalue weighted by molar-refractivity contribution is -0.117.